The third-order valence-electron chi connectivity index (χ3n) is 2.34. The van der Waals surface area contributed by atoms with Gasteiger partial charge in [0, 0.05) is 22.3 Å². The van der Waals surface area contributed by atoms with Gasteiger partial charge in [0.25, 0.3) is 0 Å². The van der Waals surface area contributed by atoms with E-state index in [1.165, 1.54) is 18.4 Å². The van der Waals surface area contributed by atoms with E-state index in [1.807, 2.05) is 0 Å². The number of anilines is 1. The minimum Gasteiger partial charge on any atom is -0.475 e. The zero-order valence-electron chi connectivity index (χ0n) is 9.11. The van der Waals surface area contributed by atoms with Gasteiger partial charge in [0.2, 0.25) is 5.76 Å². The van der Waals surface area contributed by atoms with Crippen molar-refractivity contribution < 1.29 is 18.7 Å². The van der Waals surface area contributed by atoms with Crippen molar-refractivity contribution in [2.45, 2.75) is 6.54 Å². The number of nitrogens with one attached hydrogen (secondary N) is 1. The SMILES string of the molecule is O=C(O)c1occc1CNc1ccc(F)cc1Br. The van der Waals surface area contributed by atoms with Crippen LogP contribution in [0.3, 0.4) is 0 Å². The predicted molar refractivity (Wildman–Crippen MR) is 67.1 cm³/mol. The fraction of sp³-hybridized carbons (Fsp3) is 0.0833. The number of halogens is 2. The van der Waals surface area contributed by atoms with Gasteiger partial charge in [-0.2, -0.15) is 0 Å². The number of hydrogen-bond acceptors (Lipinski definition) is 3. The molecule has 0 atom stereocenters. The van der Waals surface area contributed by atoms with Gasteiger partial charge in [-0.1, -0.05) is 0 Å². The molecule has 0 aliphatic carbocycles. The first-order valence-electron chi connectivity index (χ1n) is 5.06. The fourth-order valence-electron chi connectivity index (χ4n) is 1.49. The molecule has 6 heteroatoms. The van der Waals surface area contributed by atoms with E-state index >= 15 is 0 Å². The number of carboxylic acid groups (broad SMARTS) is 1. The molecule has 0 fully saturated rings. The third-order valence-corrected chi connectivity index (χ3v) is 3.00. The molecule has 94 valence electrons. The van der Waals surface area contributed by atoms with Gasteiger partial charge in [0.15, 0.2) is 0 Å². The van der Waals surface area contributed by atoms with Crippen molar-refractivity contribution in [1.29, 1.82) is 0 Å². The molecular formula is C12H9BrFNO3. The van der Waals surface area contributed by atoms with Crippen LogP contribution in [0.25, 0.3) is 0 Å². The minimum atomic E-state index is -1.12. The summed E-state index contributed by atoms with van der Waals surface area (Å²) in [6, 6.07) is 5.80. The van der Waals surface area contributed by atoms with Crippen LogP contribution in [-0.2, 0) is 6.54 Å². The molecule has 0 bridgehead atoms. The van der Waals surface area contributed by atoms with E-state index in [0.29, 0.717) is 15.7 Å². The van der Waals surface area contributed by atoms with Gasteiger partial charge in [-0.25, -0.2) is 9.18 Å². The van der Waals surface area contributed by atoms with E-state index in [9.17, 15) is 9.18 Å². The highest BCUT2D eigenvalue weighted by Crippen LogP contribution is 2.24. The number of hydrogen-bond donors (Lipinski definition) is 2. The van der Waals surface area contributed by atoms with Gasteiger partial charge in [0.05, 0.1) is 6.26 Å². The van der Waals surface area contributed by atoms with E-state index in [0.717, 1.165) is 0 Å². The Balaban J connectivity index is 2.11. The van der Waals surface area contributed by atoms with Crippen molar-refractivity contribution in [3.8, 4) is 0 Å². The first-order chi connectivity index (χ1) is 8.58. The molecule has 1 aromatic heterocycles. The normalized spacial score (nSPS) is 10.3. The lowest BCUT2D eigenvalue weighted by Gasteiger charge is -2.07. The van der Waals surface area contributed by atoms with Crippen LogP contribution in [0.2, 0.25) is 0 Å². The lowest BCUT2D eigenvalue weighted by molar-refractivity contribution is 0.0661. The van der Waals surface area contributed by atoms with E-state index in [1.54, 1.807) is 12.1 Å². The van der Waals surface area contributed by atoms with Crippen molar-refractivity contribution in [1.82, 2.24) is 0 Å². The molecular weight excluding hydrogens is 305 g/mol. The number of furan rings is 1. The molecule has 0 unspecified atom stereocenters. The van der Waals surface area contributed by atoms with Crippen LogP contribution in [0, 0.1) is 5.82 Å². The van der Waals surface area contributed by atoms with Gasteiger partial charge in [-0.15, -0.1) is 0 Å². The molecule has 18 heavy (non-hydrogen) atoms. The molecule has 0 saturated carbocycles. The molecule has 0 spiro atoms. The van der Waals surface area contributed by atoms with Crippen molar-refractivity contribution in [3.05, 3.63) is 52.1 Å². The average Bonchev–Trinajstić information content (AvgIpc) is 2.76. The van der Waals surface area contributed by atoms with E-state index in [2.05, 4.69) is 21.2 Å². The molecule has 1 aromatic carbocycles. The van der Waals surface area contributed by atoms with Gasteiger partial charge in [-0.05, 0) is 40.2 Å². The van der Waals surface area contributed by atoms with Crippen LogP contribution >= 0.6 is 15.9 Å². The minimum absolute atomic E-state index is 0.0965. The van der Waals surface area contributed by atoms with Crippen molar-refractivity contribution in [3.63, 3.8) is 0 Å². The molecule has 2 rings (SSSR count). The van der Waals surface area contributed by atoms with Crippen LogP contribution in [-0.4, -0.2) is 11.1 Å². The average molecular weight is 314 g/mol. The number of carboxylic acids is 1. The maximum atomic E-state index is 12.9. The maximum Gasteiger partial charge on any atom is 0.372 e. The maximum absolute atomic E-state index is 12.9. The fourth-order valence-corrected chi connectivity index (χ4v) is 1.98. The van der Waals surface area contributed by atoms with Gasteiger partial charge in [-0.3, -0.25) is 0 Å². The highest BCUT2D eigenvalue weighted by molar-refractivity contribution is 9.10. The van der Waals surface area contributed by atoms with Crippen molar-refractivity contribution in [2.24, 2.45) is 0 Å². The molecule has 0 amide bonds. The summed E-state index contributed by atoms with van der Waals surface area (Å²) in [5.74, 6) is -1.56. The van der Waals surface area contributed by atoms with Crippen LogP contribution in [0.5, 0.6) is 0 Å². The van der Waals surface area contributed by atoms with Gasteiger partial charge < -0.3 is 14.8 Å². The summed E-state index contributed by atoms with van der Waals surface area (Å²) < 4.78 is 18.3. The summed E-state index contributed by atoms with van der Waals surface area (Å²) in [7, 11) is 0. The molecule has 1 heterocycles. The number of benzene rings is 1. The quantitative estimate of drug-likeness (QED) is 0.907. The summed E-state index contributed by atoms with van der Waals surface area (Å²) in [4.78, 5) is 10.8. The Bertz CT molecular complexity index is 582. The highest BCUT2D eigenvalue weighted by atomic mass is 79.9. The molecule has 0 saturated heterocycles. The van der Waals surface area contributed by atoms with Crippen LogP contribution in [0.4, 0.5) is 10.1 Å². The molecule has 2 aromatic rings. The summed E-state index contributed by atoms with van der Waals surface area (Å²) >= 11 is 3.22. The highest BCUT2D eigenvalue weighted by Gasteiger charge is 2.13. The Morgan fingerprint density at radius 3 is 2.89 bits per heavy atom. The standard InChI is InChI=1S/C12H9BrFNO3/c13-9-5-8(14)1-2-10(9)15-6-7-3-4-18-11(7)12(16)17/h1-5,15H,6H2,(H,16,17). The second-order valence-electron chi connectivity index (χ2n) is 3.56. The van der Waals surface area contributed by atoms with Crippen LogP contribution in [0.15, 0.2) is 39.4 Å². The molecule has 0 aliphatic rings. The number of rotatable bonds is 4. The Labute approximate surface area is 111 Å². The summed E-state index contributed by atoms with van der Waals surface area (Å²) in [5, 5.41) is 11.9. The predicted octanol–water partition coefficient (Wildman–Crippen LogP) is 3.49. The van der Waals surface area contributed by atoms with Gasteiger partial charge in [0.1, 0.15) is 5.82 Å². The smallest absolute Gasteiger partial charge is 0.372 e. The monoisotopic (exact) mass is 313 g/mol. The summed E-state index contributed by atoms with van der Waals surface area (Å²) in [6.07, 6.45) is 1.32. The Kier molecular flexibility index (Phi) is 3.66. The Morgan fingerprint density at radius 1 is 1.44 bits per heavy atom. The first-order valence-corrected chi connectivity index (χ1v) is 5.86. The largest absolute Gasteiger partial charge is 0.475 e. The summed E-state index contributed by atoms with van der Waals surface area (Å²) in [5.41, 5.74) is 1.20. The Hall–Kier alpha value is -1.82. The van der Waals surface area contributed by atoms with Gasteiger partial charge >= 0.3 is 5.97 Å². The Morgan fingerprint density at radius 2 is 2.22 bits per heavy atom. The molecule has 2 N–H and O–H groups in total. The third kappa shape index (κ3) is 2.70. The topological polar surface area (TPSA) is 62.5 Å². The second-order valence-corrected chi connectivity index (χ2v) is 4.41. The van der Waals surface area contributed by atoms with E-state index in [-0.39, 0.29) is 18.1 Å². The van der Waals surface area contributed by atoms with Crippen molar-refractivity contribution in [2.75, 3.05) is 5.32 Å². The number of aromatic carboxylic acids is 1. The van der Waals surface area contributed by atoms with E-state index in [4.69, 9.17) is 9.52 Å². The van der Waals surface area contributed by atoms with Crippen LogP contribution < -0.4 is 5.32 Å². The second kappa shape index (κ2) is 5.22. The summed E-state index contributed by atoms with van der Waals surface area (Å²) in [6.45, 7) is 0.280. The zero-order valence-corrected chi connectivity index (χ0v) is 10.7. The first kappa shape index (κ1) is 12.6. The van der Waals surface area contributed by atoms with E-state index < -0.39 is 5.97 Å². The molecule has 0 aliphatic heterocycles. The lowest BCUT2D eigenvalue weighted by Crippen LogP contribution is -2.05. The lowest BCUT2D eigenvalue weighted by atomic mass is 10.2. The number of carbonyl (C=O) groups is 1. The molecule has 4 nitrogen and oxygen atoms in total. The molecule has 0 radical (unpaired) electrons. The van der Waals surface area contributed by atoms with Crippen LogP contribution in [0.1, 0.15) is 16.1 Å². The zero-order chi connectivity index (χ0) is 13.1. The van der Waals surface area contributed by atoms with Crippen molar-refractivity contribution >= 4 is 27.6 Å².